The number of hydrogen-bond acceptors (Lipinski definition) is 3. The van der Waals surface area contributed by atoms with Gasteiger partial charge in [-0.1, -0.05) is 12.1 Å². The molecule has 1 atom stereocenters. The predicted molar refractivity (Wildman–Crippen MR) is 98.5 cm³/mol. The van der Waals surface area contributed by atoms with Gasteiger partial charge in [-0.2, -0.15) is 5.10 Å². The molecule has 7 heteroatoms. The summed E-state index contributed by atoms with van der Waals surface area (Å²) in [6.07, 6.45) is 4.21. The minimum atomic E-state index is -0.173. The third kappa shape index (κ3) is 3.30. The molecule has 1 aliphatic carbocycles. The second kappa shape index (κ2) is 6.70. The maximum absolute atomic E-state index is 13.6. The first kappa shape index (κ1) is 17.0. The SMILES string of the molecule is CN=C(NCC1(c2cccc(F)c2)CC1)NC1CCCn2nc(C)nc21. The van der Waals surface area contributed by atoms with Crippen LogP contribution in [-0.2, 0) is 12.0 Å². The van der Waals surface area contributed by atoms with Gasteiger partial charge in [0.2, 0.25) is 0 Å². The number of benzene rings is 1. The van der Waals surface area contributed by atoms with Gasteiger partial charge >= 0.3 is 0 Å². The molecule has 0 radical (unpaired) electrons. The number of aromatic nitrogens is 3. The van der Waals surface area contributed by atoms with Crippen molar-refractivity contribution in [2.75, 3.05) is 13.6 Å². The van der Waals surface area contributed by atoms with Gasteiger partial charge in [0.05, 0.1) is 6.04 Å². The summed E-state index contributed by atoms with van der Waals surface area (Å²) in [5.74, 6) is 2.36. The molecule has 2 heterocycles. The molecule has 2 aliphatic rings. The van der Waals surface area contributed by atoms with Gasteiger partial charge in [0.25, 0.3) is 0 Å². The Hall–Kier alpha value is -2.44. The second-order valence-electron chi connectivity index (χ2n) is 7.30. The van der Waals surface area contributed by atoms with E-state index in [2.05, 4.69) is 25.7 Å². The fraction of sp³-hybridized carbons (Fsp3) is 0.526. The van der Waals surface area contributed by atoms with Crippen LogP contribution in [0.2, 0.25) is 0 Å². The minimum absolute atomic E-state index is 0.0168. The van der Waals surface area contributed by atoms with E-state index >= 15 is 0 Å². The molecule has 1 saturated carbocycles. The fourth-order valence-electron chi connectivity index (χ4n) is 3.75. The van der Waals surface area contributed by atoms with Crippen molar-refractivity contribution in [1.82, 2.24) is 25.4 Å². The summed E-state index contributed by atoms with van der Waals surface area (Å²) in [4.78, 5) is 8.93. The van der Waals surface area contributed by atoms with E-state index in [-0.39, 0.29) is 17.3 Å². The van der Waals surface area contributed by atoms with Crippen LogP contribution in [0.25, 0.3) is 0 Å². The number of fused-ring (bicyclic) bond motifs is 1. The van der Waals surface area contributed by atoms with Crippen LogP contribution in [0, 0.1) is 12.7 Å². The zero-order valence-electron chi connectivity index (χ0n) is 15.3. The molecule has 1 aromatic carbocycles. The van der Waals surface area contributed by atoms with E-state index in [1.54, 1.807) is 19.2 Å². The topological polar surface area (TPSA) is 67.1 Å². The molecule has 1 aromatic heterocycles. The summed E-state index contributed by atoms with van der Waals surface area (Å²) in [7, 11) is 1.77. The Morgan fingerprint density at radius 2 is 2.27 bits per heavy atom. The van der Waals surface area contributed by atoms with E-state index < -0.39 is 0 Å². The van der Waals surface area contributed by atoms with Crippen LogP contribution in [0.5, 0.6) is 0 Å². The van der Waals surface area contributed by atoms with Gasteiger partial charge in [-0.25, -0.2) is 14.1 Å². The first-order valence-electron chi connectivity index (χ1n) is 9.24. The maximum Gasteiger partial charge on any atom is 0.191 e. The Bertz CT molecular complexity index is 823. The summed E-state index contributed by atoms with van der Waals surface area (Å²) < 4.78 is 15.6. The van der Waals surface area contributed by atoms with Gasteiger partial charge in [0, 0.05) is 25.6 Å². The molecular formula is C19H25FN6. The highest BCUT2D eigenvalue weighted by Gasteiger charge is 2.44. The summed E-state index contributed by atoms with van der Waals surface area (Å²) in [5, 5.41) is 11.4. The van der Waals surface area contributed by atoms with Crippen LogP contribution in [0.3, 0.4) is 0 Å². The zero-order chi connectivity index (χ0) is 18.1. The number of nitrogens with zero attached hydrogens (tertiary/aromatic N) is 4. The molecular weight excluding hydrogens is 331 g/mol. The van der Waals surface area contributed by atoms with Crippen LogP contribution < -0.4 is 10.6 Å². The highest BCUT2D eigenvalue weighted by molar-refractivity contribution is 5.80. The minimum Gasteiger partial charge on any atom is -0.356 e. The third-order valence-corrected chi connectivity index (χ3v) is 5.40. The van der Waals surface area contributed by atoms with Crippen molar-refractivity contribution in [2.24, 2.45) is 4.99 Å². The molecule has 0 spiro atoms. The van der Waals surface area contributed by atoms with Gasteiger partial charge in [-0.15, -0.1) is 0 Å². The Morgan fingerprint density at radius 1 is 1.42 bits per heavy atom. The highest BCUT2D eigenvalue weighted by Crippen LogP contribution is 2.47. The summed E-state index contributed by atoms with van der Waals surface area (Å²) >= 11 is 0. The first-order valence-corrected chi connectivity index (χ1v) is 9.24. The molecule has 1 unspecified atom stereocenters. The average molecular weight is 356 g/mol. The van der Waals surface area contributed by atoms with Gasteiger partial charge in [0.1, 0.15) is 17.5 Å². The summed E-state index contributed by atoms with van der Waals surface area (Å²) in [6.45, 7) is 3.59. The number of halogens is 1. The summed E-state index contributed by atoms with van der Waals surface area (Å²) in [6, 6.07) is 7.06. The molecule has 1 aliphatic heterocycles. The summed E-state index contributed by atoms with van der Waals surface area (Å²) in [5.41, 5.74) is 1.08. The lowest BCUT2D eigenvalue weighted by Gasteiger charge is -2.26. The monoisotopic (exact) mass is 356 g/mol. The normalized spacial score (nSPS) is 21.2. The number of aryl methyl sites for hydroxylation is 2. The molecule has 138 valence electrons. The molecule has 4 rings (SSSR count). The van der Waals surface area contributed by atoms with Gasteiger partial charge in [-0.05, 0) is 50.3 Å². The molecule has 26 heavy (non-hydrogen) atoms. The molecule has 6 nitrogen and oxygen atoms in total. The van der Waals surface area contributed by atoms with Crippen molar-refractivity contribution in [2.45, 2.75) is 50.6 Å². The largest absolute Gasteiger partial charge is 0.356 e. The number of guanidine groups is 1. The van der Waals surface area contributed by atoms with Crippen LogP contribution in [-0.4, -0.2) is 34.3 Å². The van der Waals surface area contributed by atoms with Crippen molar-refractivity contribution in [3.8, 4) is 0 Å². The van der Waals surface area contributed by atoms with E-state index in [1.807, 2.05) is 17.7 Å². The van der Waals surface area contributed by atoms with Crippen molar-refractivity contribution in [3.63, 3.8) is 0 Å². The maximum atomic E-state index is 13.6. The fourth-order valence-corrected chi connectivity index (χ4v) is 3.75. The van der Waals surface area contributed by atoms with E-state index in [4.69, 9.17) is 0 Å². The number of aliphatic imine (C=N–C) groups is 1. The molecule has 0 amide bonds. The molecule has 2 aromatic rings. The first-order chi connectivity index (χ1) is 12.6. The quantitative estimate of drug-likeness (QED) is 0.652. The Labute approximate surface area is 152 Å². The Morgan fingerprint density at radius 3 is 3.00 bits per heavy atom. The van der Waals surface area contributed by atoms with Crippen molar-refractivity contribution in [1.29, 1.82) is 0 Å². The zero-order valence-corrected chi connectivity index (χ0v) is 15.3. The van der Waals surface area contributed by atoms with E-state index in [1.165, 1.54) is 6.07 Å². The van der Waals surface area contributed by atoms with Gasteiger partial charge in [-0.3, -0.25) is 4.99 Å². The van der Waals surface area contributed by atoms with E-state index in [9.17, 15) is 4.39 Å². The standard InChI is InChI=1S/C19H25FN6/c1-13-23-17-16(7-4-10-26(17)25-13)24-18(21-2)22-12-19(8-9-19)14-5-3-6-15(20)11-14/h3,5-6,11,16H,4,7-10,12H2,1-2H3,(H2,21,22,24). The van der Waals surface area contributed by atoms with Crippen molar-refractivity contribution in [3.05, 3.63) is 47.3 Å². The lowest BCUT2D eigenvalue weighted by molar-refractivity contribution is 0.397. The van der Waals surface area contributed by atoms with Crippen LogP contribution >= 0.6 is 0 Å². The Kier molecular flexibility index (Phi) is 4.38. The smallest absolute Gasteiger partial charge is 0.191 e. The van der Waals surface area contributed by atoms with E-state index in [0.717, 1.165) is 61.9 Å². The van der Waals surface area contributed by atoms with Crippen LogP contribution in [0.1, 0.15) is 48.9 Å². The van der Waals surface area contributed by atoms with Crippen LogP contribution in [0.15, 0.2) is 29.3 Å². The van der Waals surface area contributed by atoms with Gasteiger partial charge in [0.15, 0.2) is 5.96 Å². The number of nitrogens with one attached hydrogen (secondary N) is 2. The predicted octanol–water partition coefficient (Wildman–Crippen LogP) is 2.46. The molecule has 2 N–H and O–H groups in total. The van der Waals surface area contributed by atoms with Crippen molar-refractivity contribution < 1.29 is 4.39 Å². The molecule has 0 bridgehead atoms. The lowest BCUT2D eigenvalue weighted by Crippen LogP contribution is -2.44. The van der Waals surface area contributed by atoms with Crippen molar-refractivity contribution >= 4 is 5.96 Å². The highest BCUT2D eigenvalue weighted by atomic mass is 19.1. The van der Waals surface area contributed by atoms with Crippen LogP contribution in [0.4, 0.5) is 4.39 Å². The number of hydrogen-bond donors (Lipinski definition) is 2. The second-order valence-corrected chi connectivity index (χ2v) is 7.30. The Balaban J connectivity index is 1.42. The lowest BCUT2D eigenvalue weighted by atomic mass is 9.96. The number of rotatable bonds is 4. The molecule has 0 saturated heterocycles. The third-order valence-electron chi connectivity index (χ3n) is 5.40. The van der Waals surface area contributed by atoms with Gasteiger partial charge < -0.3 is 10.6 Å². The van der Waals surface area contributed by atoms with E-state index in [0.29, 0.717) is 0 Å². The average Bonchev–Trinajstić information content (AvgIpc) is 3.33. The molecule has 1 fully saturated rings.